The molecule has 1 N–H and O–H groups in total. The second kappa shape index (κ2) is 6.30. The van der Waals surface area contributed by atoms with E-state index in [-0.39, 0.29) is 6.54 Å². The second-order valence-electron chi connectivity index (χ2n) is 8.93. The lowest BCUT2D eigenvalue weighted by atomic mass is 9.82. The van der Waals surface area contributed by atoms with Gasteiger partial charge in [-0.15, -0.1) is 0 Å². The smallest absolute Gasteiger partial charge is 0.328 e. The number of hydrogen-bond acceptors (Lipinski definition) is 4. The molecule has 0 aromatic heterocycles. The zero-order valence-electron chi connectivity index (χ0n) is 17.3. The quantitative estimate of drug-likeness (QED) is 0.337. The number of nitrogens with zero attached hydrogens (tertiary/aromatic N) is 1. The summed E-state index contributed by atoms with van der Waals surface area (Å²) in [6, 6.07) is 24.1. The lowest BCUT2D eigenvalue weighted by Crippen LogP contribution is -2.51. The Bertz CT molecular complexity index is 1280. The summed E-state index contributed by atoms with van der Waals surface area (Å²) in [4.78, 5) is 28.9. The molecule has 6 rings (SSSR count). The lowest BCUT2D eigenvalue weighted by molar-refractivity contribution is -0.169. The number of carbonyl (C=O) groups is 2. The first-order valence-corrected chi connectivity index (χ1v) is 11.3. The molecular weight excluding hydrogens is 470 g/mol. The van der Waals surface area contributed by atoms with Crippen LogP contribution in [-0.2, 0) is 21.9 Å². The first kappa shape index (κ1) is 19.7. The van der Waals surface area contributed by atoms with E-state index in [4.69, 9.17) is 4.74 Å². The van der Waals surface area contributed by atoms with Gasteiger partial charge in [0.25, 0.3) is 0 Å². The summed E-state index contributed by atoms with van der Waals surface area (Å²) in [6.45, 7) is 2.02. The molecule has 1 aliphatic carbocycles. The Hall–Kier alpha value is -2.96. The maximum absolute atomic E-state index is 14.0. The number of esters is 1. The Morgan fingerprint density at radius 2 is 1.62 bits per heavy atom. The highest BCUT2D eigenvalue weighted by Crippen LogP contribution is 2.86. The maximum Gasteiger partial charge on any atom is 0.328 e. The van der Waals surface area contributed by atoms with Crippen molar-refractivity contribution < 1.29 is 19.4 Å². The Labute approximate surface area is 193 Å². The number of aliphatic hydroxyl groups is 1. The van der Waals surface area contributed by atoms with Crippen LogP contribution in [0.3, 0.4) is 0 Å². The van der Waals surface area contributed by atoms with E-state index in [2.05, 4.69) is 15.9 Å². The molecule has 4 unspecified atom stereocenters. The van der Waals surface area contributed by atoms with Crippen molar-refractivity contribution in [3.05, 3.63) is 100 Å². The number of amides is 1. The van der Waals surface area contributed by atoms with Crippen molar-refractivity contribution >= 4 is 27.8 Å². The zero-order chi connectivity index (χ0) is 22.3. The Balaban J connectivity index is 1.58. The molecule has 1 saturated heterocycles. The molecule has 4 atom stereocenters. The molecule has 1 amide bonds. The molecule has 2 aliphatic heterocycles. The fourth-order valence-corrected chi connectivity index (χ4v) is 6.39. The van der Waals surface area contributed by atoms with Gasteiger partial charge in [-0.05, 0) is 23.8 Å². The van der Waals surface area contributed by atoms with Gasteiger partial charge in [0.15, 0.2) is 11.1 Å². The molecule has 32 heavy (non-hydrogen) atoms. The summed E-state index contributed by atoms with van der Waals surface area (Å²) in [5, 5.41) is 12.5. The summed E-state index contributed by atoms with van der Waals surface area (Å²) < 4.78 is 6.53. The van der Waals surface area contributed by atoms with Gasteiger partial charge in [-0.25, -0.2) is 0 Å². The average Bonchev–Trinajstić information content (AvgIpc) is 3.37. The number of carbonyl (C=O) groups excluding carboxylic acids is 2. The SMILES string of the molecule is CC12C3c4ccccc4OC(=O)C31C(=O)N(Cc1ccccc1)C2(O)c1ccc(Br)cc1. The normalized spacial score (nSPS) is 32.1. The summed E-state index contributed by atoms with van der Waals surface area (Å²) in [6.07, 6.45) is 0. The van der Waals surface area contributed by atoms with E-state index >= 15 is 0 Å². The number of piperidine rings is 1. The number of halogens is 1. The number of para-hydroxylation sites is 1. The van der Waals surface area contributed by atoms with E-state index in [1.54, 1.807) is 24.3 Å². The van der Waals surface area contributed by atoms with Crippen LogP contribution in [0.4, 0.5) is 0 Å². The predicted molar refractivity (Wildman–Crippen MR) is 120 cm³/mol. The van der Waals surface area contributed by atoms with E-state index in [0.717, 1.165) is 15.6 Å². The fourth-order valence-electron chi connectivity index (χ4n) is 6.12. The van der Waals surface area contributed by atoms with Crippen molar-refractivity contribution in [2.75, 3.05) is 0 Å². The molecule has 5 nitrogen and oxygen atoms in total. The third-order valence-electron chi connectivity index (χ3n) is 7.63. The highest BCUT2D eigenvalue weighted by atomic mass is 79.9. The van der Waals surface area contributed by atoms with Crippen LogP contribution in [0.25, 0.3) is 0 Å². The van der Waals surface area contributed by atoms with Gasteiger partial charge in [0, 0.05) is 28.1 Å². The topological polar surface area (TPSA) is 66.8 Å². The first-order valence-electron chi connectivity index (χ1n) is 10.5. The van der Waals surface area contributed by atoms with Crippen molar-refractivity contribution in [2.45, 2.75) is 25.1 Å². The van der Waals surface area contributed by atoms with Crippen molar-refractivity contribution in [3.63, 3.8) is 0 Å². The second-order valence-corrected chi connectivity index (χ2v) is 9.84. The van der Waals surface area contributed by atoms with Crippen LogP contribution in [0.15, 0.2) is 83.3 Å². The largest absolute Gasteiger partial charge is 0.425 e. The summed E-state index contributed by atoms with van der Waals surface area (Å²) in [7, 11) is 0. The van der Waals surface area contributed by atoms with Gasteiger partial charge in [0.1, 0.15) is 5.75 Å². The van der Waals surface area contributed by atoms with Crippen LogP contribution in [-0.4, -0.2) is 21.9 Å². The van der Waals surface area contributed by atoms with E-state index in [0.29, 0.717) is 11.3 Å². The third kappa shape index (κ3) is 2.07. The summed E-state index contributed by atoms with van der Waals surface area (Å²) >= 11 is 3.45. The van der Waals surface area contributed by atoms with Gasteiger partial charge < -0.3 is 14.7 Å². The van der Waals surface area contributed by atoms with Crippen LogP contribution in [0, 0.1) is 10.8 Å². The standard InChI is InChI=1S/C26H20BrNO4/c1-24-21-19-9-5-6-10-20(19)32-23(30)25(21,24)22(29)28(15-16-7-3-2-4-8-16)26(24,31)17-11-13-18(27)14-12-17/h2-14,21,31H,15H2,1H3. The minimum atomic E-state index is -1.69. The molecule has 160 valence electrons. The highest BCUT2D eigenvalue weighted by Gasteiger charge is 2.96. The molecular formula is C26H20BrNO4. The number of fused-ring (bicyclic) bond motifs is 3. The van der Waals surface area contributed by atoms with Gasteiger partial charge in [0.2, 0.25) is 5.91 Å². The predicted octanol–water partition coefficient (Wildman–Crippen LogP) is 4.35. The molecule has 3 aromatic rings. The third-order valence-corrected chi connectivity index (χ3v) is 8.16. The number of ether oxygens (including phenoxy) is 1. The van der Waals surface area contributed by atoms with Gasteiger partial charge in [-0.3, -0.25) is 9.59 Å². The molecule has 0 radical (unpaired) electrons. The number of rotatable bonds is 3. The fraction of sp³-hybridized carbons (Fsp3) is 0.231. The van der Waals surface area contributed by atoms with Crippen LogP contribution in [0.1, 0.15) is 29.5 Å². The van der Waals surface area contributed by atoms with Crippen molar-refractivity contribution in [1.82, 2.24) is 4.90 Å². The summed E-state index contributed by atoms with van der Waals surface area (Å²) in [5.41, 5.74) is -1.98. The van der Waals surface area contributed by atoms with Crippen molar-refractivity contribution in [2.24, 2.45) is 10.8 Å². The summed E-state index contributed by atoms with van der Waals surface area (Å²) in [5.74, 6) is -0.969. The van der Waals surface area contributed by atoms with E-state index < -0.39 is 34.3 Å². The molecule has 3 aliphatic rings. The van der Waals surface area contributed by atoms with Gasteiger partial charge in [-0.1, -0.05) is 83.5 Å². The van der Waals surface area contributed by atoms with E-state index in [1.165, 1.54) is 4.90 Å². The van der Waals surface area contributed by atoms with Gasteiger partial charge in [0.05, 0.1) is 5.41 Å². The number of benzene rings is 3. The number of likely N-dealkylation sites (tertiary alicyclic amines) is 1. The van der Waals surface area contributed by atoms with Gasteiger partial charge in [-0.2, -0.15) is 0 Å². The van der Waals surface area contributed by atoms with E-state index in [1.807, 2.05) is 61.5 Å². The van der Waals surface area contributed by atoms with Crippen molar-refractivity contribution in [3.8, 4) is 5.75 Å². The van der Waals surface area contributed by atoms with E-state index in [9.17, 15) is 14.7 Å². The molecule has 3 aromatic carbocycles. The zero-order valence-corrected chi connectivity index (χ0v) is 18.9. The molecule has 1 spiro atoms. The molecule has 1 saturated carbocycles. The lowest BCUT2D eigenvalue weighted by Gasteiger charge is -2.41. The Kier molecular flexibility index (Phi) is 3.88. The Morgan fingerprint density at radius 3 is 2.34 bits per heavy atom. The van der Waals surface area contributed by atoms with Crippen LogP contribution >= 0.6 is 15.9 Å². The molecule has 6 heteroatoms. The average molecular weight is 490 g/mol. The molecule has 0 bridgehead atoms. The number of hydrogen-bond donors (Lipinski definition) is 1. The maximum atomic E-state index is 14.0. The van der Waals surface area contributed by atoms with Crippen molar-refractivity contribution in [1.29, 1.82) is 0 Å². The monoisotopic (exact) mass is 489 g/mol. The minimum Gasteiger partial charge on any atom is -0.425 e. The highest BCUT2D eigenvalue weighted by molar-refractivity contribution is 9.10. The van der Waals surface area contributed by atoms with Crippen LogP contribution in [0.2, 0.25) is 0 Å². The first-order chi connectivity index (χ1) is 15.4. The van der Waals surface area contributed by atoms with Crippen LogP contribution < -0.4 is 4.74 Å². The Morgan fingerprint density at radius 1 is 0.969 bits per heavy atom. The van der Waals surface area contributed by atoms with Gasteiger partial charge >= 0.3 is 5.97 Å². The molecule has 2 fully saturated rings. The molecule has 2 heterocycles. The minimum absolute atomic E-state index is 0.186. The van der Waals surface area contributed by atoms with Crippen LogP contribution in [0.5, 0.6) is 5.75 Å².